The van der Waals surface area contributed by atoms with E-state index in [1.54, 1.807) is 0 Å². The highest BCUT2D eigenvalue weighted by Crippen LogP contribution is 2.46. The van der Waals surface area contributed by atoms with E-state index >= 15 is 0 Å². The Labute approximate surface area is 170 Å². The van der Waals surface area contributed by atoms with Crippen LogP contribution < -0.4 is 0 Å². The average Bonchev–Trinajstić information content (AvgIpc) is 2.73. The van der Waals surface area contributed by atoms with E-state index in [2.05, 4.69) is 38.1 Å². The number of phenolic OH excluding ortho intramolecular Hbond substituents is 2. The van der Waals surface area contributed by atoms with Crippen molar-refractivity contribution < 1.29 is 10.2 Å². The second-order valence-corrected chi connectivity index (χ2v) is 8.54. The van der Waals surface area contributed by atoms with Gasteiger partial charge >= 0.3 is 0 Å². The third-order valence-electron chi connectivity index (χ3n) is 6.57. The maximum Gasteiger partial charge on any atom is 0.118 e. The van der Waals surface area contributed by atoms with Crippen LogP contribution in [0.5, 0.6) is 11.5 Å². The summed E-state index contributed by atoms with van der Waals surface area (Å²) in [4.78, 5) is 0. The van der Waals surface area contributed by atoms with Crippen LogP contribution in [0.4, 0.5) is 0 Å². The van der Waals surface area contributed by atoms with Crippen LogP contribution >= 0.6 is 0 Å². The third kappa shape index (κ3) is 4.37. The highest BCUT2D eigenvalue weighted by atomic mass is 16.3. The number of aryl methyl sites for hydroxylation is 2. The number of rotatable bonds is 8. The highest BCUT2D eigenvalue weighted by molar-refractivity contribution is 5.48. The predicted octanol–water partition coefficient (Wildman–Crippen LogP) is 7.03. The van der Waals surface area contributed by atoms with Crippen LogP contribution in [0.15, 0.2) is 36.4 Å². The van der Waals surface area contributed by atoms with Crippen molar-refractivity contribution in [1.82, 2.24) is 0 Å². The summed E-state index contributed by atoms with van der Waals surface area (Å²) in [5.41, 5.74) is 4.83. The van der Waals surface area contributed by atoms with Crippen LogP contribution in [0.3, 0.4) is 0 Å². The zero-order chi connectivity index (χ0) is 20.0. The molecule has 1 aliphatic rings. The first-order valence-corrected chi connectivity index (χ1v) is 11.3. The summed E-state index contributed by atoms with van der Waals surface area (Å²) in [6, 6.07) is 12.6. The van der Waals surface area contributed by atoms with Crippen molar-refractivity contribution >= 4 is 0 Å². The lowest BCUT2D eigenvalue weighted by Crippen LogP contribution is -2.30. The molecule has 1 aliphatic carbocycles. The first-order chi connectivity index (χ1) is 13.6. The number of hydrogen-bond acceptors (Lipinski definition) is 2. The van der Waals surface area contributed by atoms with E-state index in [0.29, 0.717) is 11.5 Å². The molecular formula is C26H36O2. The Bertz CT molecular complexity index is 712. The molecule has 0 amide bonds. The average molecular weight is 381 g/mol. The monoisotopic (exact) mass is 380 g/mol. The fourth-order valence-electron chi connectivity index (χ4n) is 4.80. The Morgan fingerprint density at radius 2 is 1.18 bits per heavy atom. The molecule has 2 aromatic carbocycles. The van der Waals surface area contributed by atoms with Crippen molar-refractivity contribution in [3.8, 4) is 11.5 Å². The first kappa shape index (κ1) is 20.8. The molecule has 0 bridgehead atoms. The third-order valence-corrected chi connectivity index (χ3v) is 6.57. The Kier molecular flexibility index (Phi) is 7.04. The van der Waals surface area contributed by atoms with Gasteiger partial charge in [-0.05, 0) is 72.9 Å². The van der Waals surface area contributed by atoms with Gasteiger partial charge in [-0.1, -0.05) is 70.2 Å². The standard InChI is InChI=1S/C26H36O2/c1-3-5-10-20-18-22(12-14-24(20)27)26(16-8-7-9-17-26)23-13-15-25(28)21(19-23)11-6-4-2/h12-15,18-19,27-28H,3-11,16-17H2,1-2H3. The number of benzene rings is 2. The van der Waals surface area contributed by atoms with Gasteiger partial charge in [0.2, 0.25) is 0 Å². The zero-order valence-corrected chi connectivity index (χ0v) is 17.6. The van der Waals surface area contributed by atoms with Gasteiger partial charge in [0.15, 0.2) is 0 Å². The zero-order valence-electron chi connectivity index (χ0n) is 17.6. The molecule has 0 saturated heterocycles. The van der Waals surface area contributed by atoms with Crippen LogP contribution in [-0.2, 0) is 18.3 Å². The van der Waals surface area contributed by atoms with E-state index in [0.717, 1.165) is 62.5 Å². The maximum atomic E-state index is 10.4. The molecule has 0 aromatic heterocycles. The minimum atomic E-state index is 0.00157. The lowest BCUT2D eigenvalue weighted by molar-refractivity contribution is 0.344. The molecule has 3 rings (SSSR count). The fourth-order valence-corrected chi connectivity index (χ4v) is 4.80. The van der Waals surface area contributed by atoms with Crippen molar-refractivity contribution in [2.45, 2.75) is 89.9 Å². The molecule has 0 aliphatic heterocycles. The van der Waals surface area contributed by atoms with Crippen molar-refractivity contribution in [2.24, 2.45) is 0 Å². The van der Waals surface area contributed by atoms with Crippen LogP contribution in [0.25, 0.3) is 0 Å². The summed E-state index contributed by atoms with van der Waals surface area (Å²) in [6.45, 7) is 4.38. The summed E-state index contributed by atoms with van der Waals surface area (Å²) in [5.74, 6) is 0.856. The van der Waals surface area contributed by atoms with Crippen molar-refractivity contribution in [2.75, 3.05) is 0 Å². The van der Waals surface area contributed by atoms with Gasteiger partial charge in [0.1, 0.15) is 11.5 Å². The highest BCUT2D eigenvalue weighted by Gasteiger charge is 2.36. The smallest absolute Gasteiger partial charge is 0.118 e. The van der Waals surface area contributed by atoms with E-state index in [9.17, 15) is 10.2 Å². The molecule has 2 aromatic rings. The van der Waals surface area contributed by atoms with Crippen molar-refractivity contribution in [3.63, 3.8) is 0 Å². The van der Waals surface area contributed by atoms with Gasteiger partial charge in [-0.3, -0.25) is 0 Å². The second kappa shape index (κ2) is 9.49. The minimum Gasteiger partial charge on any atom is -0.508 e. The van der Waals surface area contributed by atoms with E-state index in [4.69, 9.17) is 0 Å². The number of unbranched alkanes of at least 4 members (excludes halogenated alkanes) is 2. The lowest BCUT2D eigenvalue weighted by atomic mass is 9.64. The van der Waals surface area contributed by atoms with Gasteiger partial charge < -0.3 is 10.2 Å². The number of phenols is 2. The van der Waals surface area contributed by atoms with Crippen LogP contribution in [0, 0.1) is 0 Å². The summed E-state index contributed by atoms with van der Waals surface area (Å²) in [7, 11) is 0. The Balaban J connectivity index is 2.04. The number of aromatic hydroxyl groups is 2. The molecule has 28 heavy (non-hydrogen) atoms. The van der Waals surface area contributed by atoms with E-state index < -0.39 is 0 Å². The summed E-state index contributed by atoms with van der Waals surface area (Å²) in [5, 5.41) is 20.7. The molecular weight excluding hydrogens is 344 g/mol. The van der Waals surface area contributed by atoms with Gasteiger partial charge in [-0.25, -0.2) is 0 Å². The normalized spacial score (nSPS) is 16.2. The Hall–Kier alpha value is -1.96. The fraction of sp³-hybridized carbons (Fsp3) is 0.538. The molecule has 0 atom stereocenters. The maximum absolute atomic E-state index is 10.4. The summed E-state index contributed by atoms with van der Waals surface area (Å²) < 4.78 is 0. The van der Waals surface area contributed by atoms with Gasteiger partial charge in [0.05, 0.1) is 0 Å². The van der Waals surface area contributed by atoms with Gasteiger partial charge in [0.25, 0.3) is 0 Å². The van der Waals surface area contributed by atoms with Crippen LogP contribution in [0.1, 0.15) is 93.9 Å². The SMILES string of the molecule is CCCCc1cc(C2(c3ccc(O)c(CCCC)c3)CCCCC2)ccc1O. The molecule has 152 valence electrons. The molecule has 2 N–H and O–H groups in total. The molecule has 0 radical (unpaired) electrons. The first-order valence-electron chi connectivity index (χ1n) is 11.3. The molecule has 0 spiro atoms. The second-order valence-electron chi connectivity index (χ2n) is 8.54. The topological polar surface area (TPSA) is 40.5 Å². The van der Waals surface area contributed by atoms with Gasteiger partial charge in [-0.2, -0.15) is 0 Å². The van der Waals surface area contributed by atoms with Crippen molar-refractivity contribution in [3.05, 3.63) is 58.7 Å². The molecule has 1 saturated carbocycles. The predicted molar refractivity (Wildman–Crippen MR) is 117 cm³/mol. The molecule has 2 heteroatoms. The largest absolute Gasteiger partial charge is 0.508 e. The number of hydrogen-bond donors (Lipinski definition) is 2. The quantitative estimate of drug-likeness (QED) is 0.516. The van der Waals surface area contributed by atoms with E-state index in [1.807, 2.05) is 12.1 Å². The summed E-state index contributed by atoms with van der Waals surface area (Å²) in [6.07, 6.45) is 12.4. The molecule has 0 heterocycles. The summed E-state index contributed by atoms with van der Waals surface area (Å²) >= 11 is 0. The molecule has 0 unspecified atom stereocenters. The molecule has 2 nitrogen and oxygen atoms in total. The Morgan fingerprint density at radius 1 is 0.714 bits per heavy atom. The van der Waals surface area contributed by atoms with Gasteiger partial charge in [-0.15, -0.1) is 0 Å². The Morgan fingerprint density at radius 3 is 1.61 bits per heavy atom. The molecule has 1 fully saturated rings. The van der Waals surface area contributed by atoms with E-state index in [-0.39, 0.29) is 5.41 Å². The van der Waals surface area contributed by atoms with Crippen LogP contribution in [-0.4, -0.2) is 10.2 Å². The minimum absolute atomic E-state index is 0.00157. The van der Waals surface area contributed by atoms with Crippen LogP contribution in [0.2, 0.25) is 0 Å². The van der Waals surface area contributed by atoms with Crippen molar-refractivity contribution in [1.29, 1.82) is 0 Å². The lowest BCUT2D eigenvalue weighted by Gasteiger charge is -2.39. The van der Waals surface area contributed by atoms with E-state index in [1.165, 1.54) is 30.4 Å². The van der Waals surface area contributed by atoms with Gasteiger partial charge in [0, 0.05) is 5.41 Å².